The van der Waals surface area contributed by atoms with Crippen molar-refractivity contribution in [1.29, 1.82) is 0 Å². The molecule has 0 N–H and O–H groups in total. The smallest absolute Gasteiger partial charge is 0.341 e. The molecule has 1 aromatic rings. The number of carbonyl (C=O) groups excluding carboxylic acids is 1. The first kappa shape index (κ1) is 14.5. The van der Waals surface area contributed by atoms with Gasteiger partial charge in [0.1, 0.15) is 0 Å². The van der Waals surface area contributed by atoms with Gasteiger partial charge in [-0.2, -0.15) is 0 Å². The highest BCUT2D eigenvalue weighted by atomic mass is 16.6. The predicted octanol–water partition coefficient (Wildman–Crippen LogP) is 3.74. The van der Waals surface area contributed by atoms with Gasteiger partial charge in [0.25, 0.3) is 0 Å². The van der Waals surface area contributed by atoms with Crippen molar-refractivity contribution < 1.29 is 9.53 Å². The maximum atomic E-state index is 12.4. The van der Waals surface area contributed by atoms with Gasteiger partial charge in [0, 0.05) is 12.0 Å². The minimum absolute atomic E-state index is 0.0896. The van der Waals surface area contributed by atoms with Crippen molar-refractivity contribution in [3.8, 4) is 0 Å². The largest absolute Gasteiger partial charge is 0.405 e. The molecular weight excluding hydrogens is 250 g/mol. The van der Waals surface area contributed by atoms with Gasteiger partial charge >= 0.3 is 5.97 Å². The Hall–Kier alpha value is -1.90. The number of aliphatic imine (C=N–C) groups is 1. The van der Waals surface area contributed by atoms with Crippen LogP contribution in [0.4, 0.5) is 0 Å². The predicted molar refractivity (Wildman–Crippen MR) is 80.7 cm³/mol. The lowest BCUT2D eigenvalue weighted by Crippen LogP contribution is -2.39. The number of allylic oxidation sites excluding steroid dienone is 1. The van der Waals surface area contributed by atoms with E-state index in [0.717, 1.165) is 5.56 Å². The fourth-order valence-corrected chi connectivity index (χ4v) is 2.22. The molecule has 106 valence electrons. The van der Waals surface area contributed by atoms with E-state index in [1.54, 1.807) is 0 Å². The molecule has 3 nitrogen and oxygen atoms in total. The van der Waals surface area contributed by atoms with E-state index in [1.807, 2.05) is 58.0 Å². The van der Waals surface area contributed by atoms with Gasteiger partial charge < -0.3 is 4.74 Å². The summed E-state index contributed by atoms with van der Waals surface area (Å²) >= 11 is 0. The maximum absolute atomic E-state index is 12.4. The van der Waals surface area contributed by atoms with Crippen LogP contribution in [0.1, 0.15) is 39.7 Å². The van der Waals surface area contributed by atoms with Gasteiger partial charge in [0.2, 0.25) is 5.90 Å². The van der Waals surface area contributed by atoms with Crippen LogP contribution in [-0.4, -0.2) is 17.4 Å². The first-order valence-electron chi connectivity index (χ1n) is 6.96. The van der Waals surface area contributed by atoms with E-state index in [9.17, 15) is 4.79 Å². The highest BCUT2D eigenvalue weighted by molar-refractivity contribution is 6.08. The molecule has 1 heterocycles. The van der Waals surface area contributed by atoms with E-state index in [0.29, 0.717) is 12.3 Å². The lowest BCUT2D eigenvalue weighted by Gasteiger charge is -2.24. The number of esters is 1. The van der Waals surface area contributed by atoms with Gasteiger partial charge in [-0.15, -0.1) is 0 Å². The molecule has 1 aliphatic heterocycles. The normalized spacial score (nSPS) is 21.6. The average Bonchev–Trinajstić information content (AvgIpc) is 2.76. The summed E-state index contributed by atoms with van der Waals surface area (Å²) in [6, 6.07) is 9.57. The summed E-state index contributed by atoms with van der Waals surface area (Å²) in [4.78, 5) is 17.0. The third kappa shape index (κ3) is 2.67. The zero-order valence-electron chi connectivity index (χ0n) is 12.5. The molecular formula is C17H21NO2. The van der Waals surface area contributed by atoms with E-state index in [2.05, 4.69) is 11.1 Å². The van der Waals surface area contributed by atoms with Crippen LogP contribution in [0.5, 0.6) is 0 Å². The van der Waals surface area contributed by atoms with E-state index in [1.165, 1.54) is 5.57 Å². The molecule has 0 aromatic heterocycles. The summed E-state index contributed by atoms with van der Waals surface area (Å²) in [6.07, 6.45) is 2.64. The molecule has 0 saturated carbocycles. The Morgan fingerprint density at radius 1 is 1.30 bits per heavy atom. The Balaban J connectivity index is 2.40. The van der Waals surface area contributed by atoms with Crippen molar-refractivity contribution in [2.75, 3.05) is 0 Å². The molecule has 0 radical (unpaired) electrons. The molecule has 20 heavy (non-hydrogen) atoms. The summed E-state index contributed by atoms with van der Waals surface area (Å²) in [5, 5.41) is 0. The number of cyclic esters (lactones) is 1. The minimum atomic E-state index is -0.789. The van der Waals surface area contributed by atoms with Crippen molar-refractivity contribution in [2.45, 2.75) is 39.7 Å². The molecule has 1 aliphatic rings. The lowest BCUT2D eigenvalue weighted by atomic mass is 9.84. The van der Waals surface area contributed by atoms with E-state index >= 15 is 0 Å². The Bertz CT molecular complexity index is 554. The number of carbonyl (C=O) groups is 1. The van der Waals surface area contributed by atoms with Crippen LogP contribution < -0.4 is 0 Å². The second kappa shape index (κ2) is 5.61. The fourth-order valence-electron chi connectivity index (χ4n) is 2.22. The van der Waals surface area contributed by atoms with E-state index in [4.69, 9.17) is 4.74 Å². The Morgan fingerprint density at radius 3 is 2.50 bits per heavy atom. The summed E-state index contributed by atoms with van der Waals surface area (Å²) in [5.41, 5.74) is 1.24. The molecule has 1 aromatic carbocycles. The summed E-state index contributed by atoms with van der Waals surface area (Å²) < 4.78 is 5.44. The van der Waals surface area contributed by atoms with Gasteiger partial charge in [0.15, 0.2) is 5.54 Å². The lowest BCUT2D eigenvalue weighted by molar-refractivity contribution is -0.140. The Kier molecular flexibility index (Phi) is 4.07. The third-order valence-corrected chi connectivity index (χ3v) is 3.64. The Labute approximate surface area is 120 Å². The molecule has 0 saturated heterocycles. The maximum Gasteiger partial charge on any atom is 0.341 e. The quantitative estimate of drug-likeness (QED) is 0.618. The van der Waals surface area contributed by atoms with Crippen LogP contribution in [0.15, 0.2) is 47.0 Å². The van der Waals surface area contributed by atoms with Crippen LogP contribution in [0.3, 0.4) is 0 Å². The van der Waals surface area contributed by atoms with Gasteiger partial charge in [-0.05, 0) is 31.9 Å². The van der Waals surface area contributed by atoms with Crippen LogP contribution in [-0.2, 0) is 9.53 Å². The van der Waals surface area contributed by atoms with Crippen LogP contribution >= 0.6 is 0 Å². The average molecular weight is 271 g/mol. The van der Waals surface area contributed by atoms with Crippen molar-refractivity contribution >= 4 is 11.9 Å². The highest BCUT2D eigenvalue weighted by Gasteiger charge is 2.47. The molecule has 3 heteroatoms. The first-order chi connectivity index (χ1) is 9.45. The summed E-state index contributed by atoms with van der Waals surface area (Å²) in [5.74, 6) is 0.280. The van der Waals surface area contributed by atoms with Gasteiger partial charge in [-0.3, -0.25) is 0 Å². The number of hydrogen-bond acceptors (Lipinski definition) is 3. The zero-order valence-corrected chi connectivity index (χ0v) is 12.5. The molecule has 0 fully saturated rings. The van der Waals surface area contributed by atoms with Crippen molar-refractivity contribution in [1.82, 2.24) is 0 Å². The minimum Gasteiger partial charge on any atom is -0.405 e. The summed E-state index contributed by atoms with van der Waals surface area (Å²) in [6.45, 7) is 8.07. The van der Waals surface area contributed by atoms with Crippen molar-refractivity contribution in [2.24, 2.45) is 10.9 Å². The standard InChI is InChI=1S/C17H21NO2/c1-12(2)10-11-17(13(3)4)16(19)20-15(18-17)14-8-6-5-7-9-14/h5-10,13H,11H2,1-4H3/t17-/m1/s1. The third-order valence-electron chi connectivity index (χ3n) is 3.64. The van der Waals surface area contributed by atoms with Gasteiger partial charge in [0.05, 0.1) is 0 Å². The molecule has 0 bridgehead atoms. The fraction of sp³-hybridized carbons (Fsp3) is 0.412. The number of ether oxygens (including phenoxy) is 1. The zero-order chi connectivity index (χ0) is 14.8. The first-order valence-corrected chi connectivity index (χ1v) is 6.96. The molecule has 1 atom stereocenters. The topological polar surface area (TPSA) is 38.7 Å². The van der Waals surface area contributed by atoms with Crippen LogP contribution in [0, 0.1) is 5.92 Å². The van der Waals surface area contributed by atoms with E-state index in [-0.39, 0.29) is 11.9 Å². The number of nitrogens with zero attached hydrogens (tertiary/aromatic N) is 1. The van der Waals surface area contributed by atoms with Crippen LogP contribution in [0.25, 0.3) is 0 Å². The molecule has 0 amide bonds. The Morgan fingerprint density at radius 2 is 1.95 bits per heavy atom. The van der Waals surface area contributed by atoms with Crippen molar-refractivity contribution in [3.05, 3.63) is 47.5 Å². The van der Waals surface area contributed by atoms with Gasteiger partial charge in [-0.1, -0.05) is 43.7 Å². The van der Waals surface area contributed by atoms with Crippen molar-refractivity contribution in [3.63, 3.8) is 0 Å². The van der Waals surface area contributed by atoms with Crippen LogP contribution in [0.2, 0.25) is 0 Å². The monoisotopic (exact) mass is 271 g/mol. The number of hydrogen-bond donors (Lipinski definition) is 0. The number of rotatable bonds is 4. The van der Waals surface area contributed by atoms with Gasteiger partial charge in [-0.25, -0.2) is 9.79 Å². The second-order valence-electron chi connectivity index (χ2n) is 5.74. The molecule has 0 unspecified atom stereocenters. The summed E-state index contributed by atoms with van der Waals surface area (Å²) in [7, 11) is 0. The molecule has 0 spiro atoms. The second-order valence-corrected chi connectivity index (χ2v) is 5.74. The molecule has 0 aliphatic carbocycles. The highest BCUT2D eigenvalue weighted by Crippen LogP contribution is 2.34. The molecule has 2 rings (SSSR count). The van der Waals surface area contributed by atoms with E-state index < -0.39 is 5.54 Å². The number of benzene rings is 1. The SMILES string of the molecule is CC(C)=CC[C@]1(C(C)C)N=C(c2ccccc2)OC1=O.